The Balaban J connectivity index is 1.88. The molecule has 1 heterocycles. The molecule has 1 atom stereocenters. The van der Waals surface area contributed by atoms with Crippen molar-refractivity contribution in [3.63, 3.8) is 0 Å². The monoisotopic (exact) mass is 333 g/mol. The minimum atomic E-state index is -0.647. The van der Waals surface area contributed by atoms with Crippen LogP contribution in [0.2, 0.25) is 0 Å². The largest absolute Gasteiger partial charge is 0.484 e. The molecule has 2 N–H and O–H groups in total. The Morgan fingerprint density at radius 3 is 2.61 bits per heavy atom. The van der Waals surface area contributed by atoms with E-state index in [2.05, 4.69) is 15.6 Å². The summed E-state index contributed by atoms with van der Waals surface area (Å²) in [5, 5.41) is 7.67. The number of rotatable bonds is 7. The standard InChI is InChI=1S/C16H19N3O3S/c1-11(2)14(15(21)19-16-17-8-9-23-16)18-13(20)10-22-12-6-4-3-5-7-12/h3-9,11,14H,10H2,1-2H3,(H,18,20)(H,17,19,21). The van der Waals surface area contributed by atoms with E-state index in [1.54, 1.807) is 23.7 Å². The van der Waals surface area contributed by atoms with Crippen molar-refractivity contribution in [3.8, 4) is 5.75 Å². The van der Waals surface area contributed by atoms with Gasteiger partial charge in [0.1, 0.15) is 11.8 Å². The molecular weight excluding hydrogens is 314 g/mol. The van der Waals surface area contributed by atoms with Crippen molar-refractivity contribution < 1.29 is 14.3 Å². The lowest BCUT2D eigenvalue weighted by Crippen LogP contribution is -2.48. The zero-order valence-electron chi connectivity index (χ0n) is 13.0. The number of hydrogen-bond acceptors (Lipinski definition) is 5. The molecule has 0 aliphatic carbocycles. The van der Waals surface area contributed by atoms with Crippen LogP contribution in [0.1, 0.15) is 13.8 Å². The average Bonchev–Trinajstić information content (AvgIpc) is 3.04. The van der Waals surface area contributed by atoms with Gasteiger partial charge in [-0.1, -0.05) is 32.0 Å². The number of nitrogens with zero attached hydrogens (tertiary/aromatic N) is 1. The Morgan fingerprint density at radius 2 is 2.00 bits per heavy atom. The van der Waals surface area contributed by atoms with Gasteiger partial charge in [0, 0.05) is 11.6 Å². The summed E-state index contributed by atoms with van der Waals surface area (Å²) in [4.78, 5) is 28.3. The number of hydrogen-bond donors (Lipinski definition) is 2. The minimum absolute atomic E-state index is 0.0596. The predicted molar refractivity (Wildman–Crippen MR) is 89.4 cm³/mol. The van der Waals surface area contributed by atoms with E-state index >= 15 is 0 Å². The fourth-order valence-corrected chi connectivity index (χ4v) is 2.42. The number of para-hydroxylation sites is 1. The maximum atomic E-state index is 12.3. The molecule has 2 amide bonds. The molecule has 0 bridgehead atoms. The fraction of sp³-hybridized carbons (Fsp3) is 0.312. The van der Waals surface area contributed by atoms with Crippen molar-refractivity contribution in [3.05, 3.63) is 41.9 Å². The second kappa shape index (κ2) is 8.28. The molecule has 7 heteroatoms. The second-order valence-electron chi connectivity index (χ2n) is 5.22. The number of aromatic nitrogens is 1. The summed E-state index contributed by atoms with van der Waals surface area (Å²) in [5.41, 5.74) is 0. The highest BCUT2D eigenvalue weighted by molar-refractivity contribution is 7.13. The Hall–Kier alpha value is -2.41. The lowest BCUT2D eigenvalue weighted by Gasteiger charge is -2.21. The third-order valence-corrected chi connectivity index (χ3v) is 3.73. The van der Waals surface area contributed by atoms with Crippen LogP contribution in [-0.2, 0) is 9.59 Å². The first-order valence-corrected chi connectivity index (χ1v) is 8.12. The zero-order chi connectivity index (χ0) is 16.7. The highest BCUT2D eigenvalue weighted by Gasteiger charge is 2.24. The summed E-state index contributed by atoms with van der Waals surface area (Å²) in [6.07, 6.45) is 1.61. The number of anilines is 1. The van der Waals surface area contributed by atoms with Crippen LogP contribution in [0, 0.1) is 5.92 Å². The number of nitrogens with one attached hydrogen (secondary N) is 2. The smallest absolute Gasteiger partial charge is 0.258 e. The summed E-state index contributed by atoms with van der Waals surface area (Å²) in [5.74, 6) is -0.0866. The average molecular weight is 333 g/mol. The first kappa shape index (κ1) is 17.0. The Kier molecular flexibility index (Phi) is 6.10. The van der Waals surface area contributed by atoms with Crippen LogP contribution in [0.3, 0.4) is 0 Å². The van der Waals surface area contributed by atoms with E-state index in [1.807, 2.05) is 32.0 Å². The molecule has 1 aromatic heterocycles. The van der Waals surface area contributed by atoms with Crippen molar-refractivity contribution >= 4 is 28.3 Å². The van der Waals surface area contributed by atoms with Gasteiger partial charge in [0.25, 0.3) is 5.91 Å². The van der Waals surface area contributed by atoms with E-state index < -0.39 is 6.04 Å². The van der Waals surface area contributed by atoms with Crippen LogP contribution >= 0.6 is 11.3 Å². The molecule has 122 valence electrons. The molecule has 0 spiro atoms. The van der Waals surface area contributed by atoms with Crippen molar-refractivity contribution in [2.75, 3.05) is 11.9 Å². The Bertz CT molecular complexity index is 629. The molecule has 0 radical (unpaired) electrons. The molecule has 0 saturated heterocycles. The van der Waals surface area contributed by atoms with Crippen molar-refractivity contribution in [2.45, 2.75) is 19.9 Å². The van der Waals surface area contributed by atoms with E-state index in [-0.39, 0.29) is 24.3 Å². The number of carbonyl (C=O) groups excluding carboxylic acids is 2. The molecule has 2 aromatic rings. The lowest BCUT2D eigenvalue weighted by molar-refractivity contribution is -0.128. The lowest BCUT2D eigenvalue weighted by atomic mass is 10.0. The van der Waals surface area contributed by atoms with Crippen molar-refractivity contribution in [1.82, 2.24) is 10.3 Å². The number of ether oxygens (including phenoxy) is 1. The fourth-order valence-electron chi connectivity index (χ4n) is 1.88. The Labute approximate surface area is 138 Å². The van der Waals surface area contributed by atoms with E-state index in [0.29, 0.717) is 10.9 Å². The molecule has 6 nitrogen and oxygen atoms in total. The maximum absolute atomic E-state index is 12.3. The summed E-state index contributed by atoms with van der Waals surface area (Å²) >= 11 is 1.33. The molecule has 0 aliphatic heterocycles. The highest BCUT2D eigenvalue weighted by atomic mass is 32.1. The minimum Gasteiger partial charge on any atom is -0.484 e. The maximum Gasteiger partial charge on any atom is 0.258 e. The first-order valence-electron chi connectivity index (χ1n) is 7.24. The van der Waals surface area contributed by atoms with Crippen LogP contribution in [0.15, 0.2) is 41.9 Å². The van der Waals surface area contributed by atoms with Crippen LogP contribution in [-0.4, -0.2) is 29.4 Å². The van der Waals surface area contributed by atoms with Gasteiger partial charge in [-0.25, -0.2) is 4.98 Å². The number of amides is 2. The van der Waals surface area contributed by atoms with E-state index in [4.69, 9.17) is 4.74 Å². The van der Waals surface area contributed by atoms with E-state index in [0.717, 1.165) is 0 Å². The normalized spacial score (nSPS) is 11.8. The number of benzene rings is 1. The van der Waals surface area contributed by atoms with Gasteiger partial charge in [0.15, 0.2) is 11.7 Å². The summed E-state index contributed by atoms with van der Waals surface area (Å²) < 4.78 is 5.38. The molecule has 0 aliphatic rings. The van der Waals surface area contributed by atoms with Crippen LogP contribution in [0.5, 0.6) is 5.75 Å². The molecule has 0 fully saturated rings. The number of carbonyl (C=O) groups is 2. The molecule has 1 unspecified atom stereocenters. The van der Waals surface area contributed by atoms with Gasteiger partial charge in [0.2, 0.25) is 5.91 Å². The summed E-state index contributed by atoms with van der Waals surface area (Å²) in [7, 11) is 0. The quantitative estimate of drug-likeness (QED) is 0.815. The molecule has 1 aromatic carbocycles. The van der Waals surface area contributed by atoms with Crippen LogP contribution < -0.4 is 15.4 Å². The molecule has 23 heavy (non-hydrogen) atoms. The highest BCUT2D eigenvalue weighted by Crippen LogP contribution is 2.13. The van der Waals surface area contributed by atoms with Gasteiger partial charge >= 0.3 is 0 Å². The predicted octanol–water partition coefficient (Wildman–Crippen LogP) is 2.30. The third-order valence-electron chi connectivity index (χ3n) is 3.04. The van der Waals surface area contributed by atoms with E-state index in [1.165, 1.54) is 11.3 Å². The van der Waals surface area contributed by atoms with Gasteiger partial charge < -0.3 is 15.4 Å². The number of thiazole rings is 1. The van der Waals surface area contributed by atoms with Crippen LogP contribution in [0.4, 0.5) is 5.13 Å². The van der Waals surface area contributed by atoms with Gasteiger partial charge in [-0.3, -0.25) is 9.59 Å². The first-order chi connectivity index (χ1) is 11.1. The van der Waals surface area contributed by atoms with Crippen molar-refractivity contribution in [1.29, 1.82) is 0 Å². The molecule has 0 saturated carbocycles. The zero-order valence-corrected chi connectivity index (χ0v) is 13.8. The van der Waals surface area contributed by atoms with Gasteiger partial charge in [0.05, 0.1) is 0 Å². The van der Waals surface area contributed by atoms with Gasteiger partial charge in [-0.05, 0) is 18.1 Å². The molecular formula is C16H19N3O3S. The van der Waals surface area contributed by atoms with Gasteiger partial charge in [-0.15, -0.1) is 11.3 Å². The molecule has 2 rings (SSSR count). The topological polar surface area (TPSA) is 80.3 Å². The summed E-state index contributed by atoms with van der Waals surface area (Å²) in [6.45, 7) is 3.59. The van der Waals surface area contributed by atoms with Crippen molar-refractivity contribution in [2.24, 2.45) is 5.92 Å². The third kappa shape index (κ3) is 5.37. The SMILES string of the molecule is CC(C)C(NC(=O)COc1ccccc1)C(=O)Nc1nccs1. The van der Waals surface area contributed by atoms with E-state index in [9.17, 15) is 9.59 Å². The van der Waals surface area contributed by atoms with Gasteiger partial charge in [-0.2, -0.15) is 0 Å². The Morgan fingerprint density at radius 1 is 1.26 bits per heavy atom. The van der Waals surface area contributed by atoms with Crippen LogP contribution in [0.25, 0.3) is 0 Å². The summed E-state index contributed by atoms with van der Waals surface area (Å²) in [6, 6.07) is 8.40. The second-order valence-corrected chi connectivity index (χ2v) is 6.11.